The van der Waals surface area contributed by atoms with E-state index in [2.05, 4.69) is 10.5 Å². The van der Waals surface area contributed by atoms with E-state index in [1.807, 2.05) is 0 Å². The van der Waals surface area contributed by atoms with Crippen molar-refractivity contribution in [1.82, 2.24) is 9.99 Å². The Labute approximate surface area is 135 Å². The summed E-state index contributed by atoms with van der Waals surface area (Å²) in [6.45, 7) is 0. The normalized spacial score (nSPS) is 10.7. The summed E-state index contributed by atoms with van der Waals surface area (Å²) in [6.07, 6.45) is 2.74. The first-order valence-corrected chi connectivity index (χ1v) is 6.71. The van der Waals surface area contributed by atoms with E-state index in [0.717, 1.165) is 0 Å². The van der Waals surface area contributed by atoms with Gasteiger partial charge in [0.25, 0.3) is 17.2 Å². The fourth-order valence-corrected chi connectivity index (χ4v) is 1.93. The van der Waals surface area contributed by atoms with Gasteiger partial charge in [0.1, 0.15) is 10.6 Å². The minimum absolute atomic E-state index is 0.00367. The molecule has 0 saturated heterocycles. The third-order valence-electron chi connectivity index (χ3n) is 2.91. The molecule has 0 aliphatic rings. The van der Waals surface area contributed by atoms with E-state index in [9.17, 15) is 19.7 Å². The third kappa shape index (κ3) is 3.80. The van der Waals surface area contributed by atoms with Crippen LogP contribution >= 0.6 is 11.6 Å². The van der Waals surface area contributed by atoms with E-state index in [4.69, 9.17) is 11.6 Å². The molecular formula is C14H11ClN4O4. The van der Waals surface area contributed by atoms with Crippen LogP contribution in [0.25, 0.3) is 0 Å². The van der Waals surface area contributed by atoms with Crippen molar-refractivity contribution in [2.24, 2.45) is 12.1 Å². The van der Waals surface area contributed by atoms with Crippen molar-refractivity contribution in [2.75, 3.05) is 0 Å². The Morgan fingerprint density at radius 2 is 2.17 bits per heavy atom. The highest BCUT2D eigenvalue weighted by atomic mass is 35.5. The molecule has 1 N–H and O–H groups in total. The highest BCUT2D eigenvalue weighted by Crippen LogP contribution is 2.24. The molecule has 1 aromatic heterocycles. The maximum atomic E-state index is 11.9. The van der Waals surface area contributed by atoms with E-state index in [1.165, 1.54) is 48.3 Å². The molecule has 2 rings (SSSR count). The summed E-state index contributed by atoms with van der Waals surface area (Å²) < 4.78 is 1.27. The average Bonchev–Trinajstić information content (AvgIpc) is 2.51. The number of nitro benzene ring substituents is 1. The molecule has 0 saturated carbocycles. The van der Waals surface area contributed by atoms with Crippen LogP contribution in [0.1, 0.15) is 15.9 Å². The zero-order valence-corrected chi connectivity index (χ0v) is 12.6. The lowest BCUT2D eigenvalue weighted by Crippen LogP contribution is -2.29. The number of hydrogen-bond acceptors (Lipinski definition) is 5. The second-order valence-electron chi connectivity index (χ2n) is 4.51. The summed E-state index contributed by atoms with van der Waals surface area (Å²) in [7, 11) is 1.52. The van der Waals surface area contributed by atoms with Gasteiger partial charge in [-0.3, -0.25) is 19.7 Å². The van der Waals surface area contributed by atoms with Crippen LogP contribution in [0.15, 0.2) is 46.4 Å². The fraction of sp³-hybridized carbons (Fsp3) is 0.0714. The van der Waals surface area contributed by atoms with Crippen LogP contribution in [0.3, 0.4) is 0 Å². The van der Waals surface area contributed by atoms with Crippen LogP contribution < -0.4 is 11.0 Å². The van der Waals surface area contributed by atoms with Gasteiger partial charge in [0.2, 0.25) is 0 Å². The van der Waals surface area contributed by atoms with Gasteiger partial charge >= 0.3 is 0 Å². The number of nitro groups is 1. The molecule has 9 heteroatoms. The predicted molar refractivity (Wildman–Crippen MR) is 84.8 cm³/mol. The van der Waals surface area contributed by atoms with E-state index >= 15 is 0 Å². The molecule has 23 heavy (non-hydrogen) atoms. The summed E-state index contributed by atoms with van der Waals surface area (Å²) in [5.41, 5.74) is 1.79. The van der Waals surface area contributed by atoms with Gasteiger partial charge in [-0.05, 0) is 18.2 Å². The van der Waals surface area contributed by atoms with Crippen LogP contribution in [-0.2, 0) is 7.05 Å². The Bertz CT molecular complexity index is 860. The highest BCUT2D eigenvalue weighted by molar-refractivity contribution is 6.32. The van der Waals surface area contributed by atoms with Crippen molar-refractivity contribution in [2.45, 2.75) is 0 Å². The molecule has 0 atom stereocenters. The Kier molecular flexibility index (Phi) is 4.87. The predicted octanol–water partition coefficient (Wildman–Crippen LogP) is 1.71. The van der Waals surface area contributed by atoms with Gasteiger partial charge in [-0.15, -0.1) is 0 Å². The zero-order chi connectivity index (χ0) is 17.0. The molecule has 0 unspecified atom stereocenters. The van der Waals surface area contributed by atoms with Gasteiger partial charge in [0, 0.05) is 24.9 Å². The summed E-state index contributed by atoms with van der Waals surface area (Å²) in [5, 5.41) is 14.5. The van der Waals surface area contributed by atoms with E-state index in [1.54, 1.807) is 6.07 Å². The van der Waals surface area contributed by atoms with Gasteiger partial charge < -0.3 is 4.57 Å². The number of nitrogens with zero attached hydrogens (tertiary/aromatic N) is 3. The molecule has 0 aliphatic carbocycles. The number of aryl methyl sites for hydroxylation is 1. The van der Waals surface area contributed by atoms with Crippen LogP contribution in [0.4, 0.5) is 5.69 Å². The summed E-state index contributed by atoms with van der Waals surface area (Å²) >= 11 is 5.70. The average molecular weight is 335 g/mol. The molecule has 118 valence electrons. The molecule has 1 amide bonds. The smallest absolute Gasteiger partial charge is 0.288 e. The number of hydrogen-bond donors (Lipinski definition) is 1. The number of hydrazone groups is 1. The number of carbonyl (C=O) groups is 1. The van der Waals surface area contributed by atoms with Crippen molar-refractivity contribution >= 4 is 29.4 Å². The number of pyridine rings is 1. The van der Waals surface area contributed by atoms with Crippen molar-refractivity contribution in [3.63, 3.8) is 0 Å². The van der Waals surface area contributed by atoms with Crippen LogP contribution in [0.5, 0.6) is 0 Å². The lowest BCUT2D eigenvalue weighted by Gasteiger charge is -2.01. The molecular weight excluding hydrogens is 324 g/mol. The first-order chi connectivity index (χ1) is 10.9. The number of rotatable bonds is 4. The largest absolute Gasteiger partial charge is 0.318 e. The molecule has 0 bridgehead atoms. The molecule has 0 aliphatic heterocycles. The number of aromatic nitrogens is 1. The second kappa shape index (κ2) is 6.84. The molecule has 0 fully saturated rings. The van der Waals surface area contributed by atoms with Gasteiger partial charge in [0.05, 0.1) is 11.1 Å². The number of amides is 1. The fourth-order valence-electron chi connectivity index (χ4n) is 1.75. The topological polar surface area (TPSA) is 107 Å². The first-order valence-electron chi connectivity index (χ1n) is 6.33. The summed E-state index contributed by atoms with van der Waals surface area (Å²) in [5.74, 6) is -0.675. The van der Waals surface area contributed by atoms with Crippen LogP contribution in [0.2, 0.25) is 5.02 Å². The second-order valence-corrected chi connectivity index (χ2v) is 4.91. The van der Waals surface area contributed by atoms with E-state index < -0.39 is 16.4 Å². The number of benzene rings is 1. The van der Waals surface area contributed by atoms with Gasteiger partial charge in [-0.1, -0.05) is 17.7 Å². The van der Waals surface area contributed by atoms with E-state index in [-0.39, 0.29) is 16.3 Å². The minimum atomic E-state index is -0.675. The summed E-state index contributed by atoms with van der Waals surface area (Å²) in [4.78, 5) is 33.8. The Balaban J connectivity index is 2.14. The third-order valence-corrected chi connectivity index (χ3v) is 3.23. The van der Waals surface area contributed by atoms with Gasteiger partial charge in [-0.2, -0.15) is 5.10 Å². The van der Waals surface area contributed by atoms with Crippen molar-refractivity contribution in [1.29, 1.82) is 0 Å². The number of nitrogens with one attached hydrogen (secondary N) is 1. The van der Waals surface area contributed by atoms with Crippen LogP contribution in [0, 0.1) is 10.1 Å². The SMILES string of the molecule is Cn1cccc(C(=O)N/N=C\c2ccc(Cl)c([N+](=O)[O-])c2)c1=O. The zero-order valence-electron chi connectivity index (χ0n) is 11.9. The van der Waals surface area contributed by atoms with Gasteiger partial charge in [0.15, 0.2) is 0 Å². The van der Waals surface area contributed by atoms with Crippen molar-refractivity contribution < 1.29 is 9.72 Å². The van der Waals surface area contributed by atoms with Gasteiger partial charge in [-0.25, -0.2) is 5.43 Å². The maximum Gasteiger partial charge on any atom is 0.288 e. The molecule has 2 aromatic rings. The quantitative estimate of drug-likeness (QED) is 0.521. The number of carbonyl (C=O) groups excluding carboxylic acids is 1. The molecule has 1 aromatic carbocycles. The van der Waals surface area contributed by atoms with E-state index in [0.29, 0.717) is 5.56 Å². The van der Waals surface area contributed by atoms with Crippen molar-refractivity contribution in [3.8, 4) is 0 Å². The minimum Gasteiger partial charge on any atom is -0.318 e. The Morgan fingerprint density at radius 3 is 2.87 bits per heavy atom. The highest BCUT2D eigenvalue weighted by Gasteiger charge is 2.12. The molecule has 0 radical (unpaired) electrons. The molecule has 0 spiro atoms. The lowest BCUT2D eigenvalue weighted by molar-refractivity contribution is -0.384. The Morgan fingerprint density at radius 1 is 1.43 bits per heavy atom. The molecule has 1 heterocycles. The van der Waals surface area contributed by atoms with Crippen LogP contribution in [-0.4, -0.2) is 21.6 Å². The Hall–Kier alpha value is -3.00. The lowest BCUT2D eigenvalue weighted by atomic mass is 10.2. The first kappa shape index (κ1) is 16.4. The summed E-state index contributed by atoms with van der Waals surface area (Å²) in [6, 6.07) is 7.02. The number of halogens is 1. The molecule has 8 nitrogen and oxygen atoms in total. The maximum absolute atomic E-state index is 11.9. The monoisotopic (exact) mass is 334 g/mol. The van der Waals surface area contributed by atoms with Crippen molar-refractivity contribution in [3.05, 3.63) is 73.1 Å². The standard InChI is InChI=1S/C14H11ClN4O4/c1-18-6-2-3-10(14(18)21)13(20)17-16-8-9-4-5-11(15)12(7-9)19(22)23/h2-8H,1H3,(H,17,20)/b16-8-.